The lowest BCUT2D eigenvalue weighted by Crippen LogP contribution is -2.38. The average molecular weight is 303 g/mol. The van der Waals surface area contributed by atoms with Gasteiger partial charge >= 0.3 is 0 Å². The molecule has 0 aliphatic heterocycles. The quantitative estimate of drug-likeness (QED) is 0.531. The number of amides is 1. The van der Waals surface area contributed by atoms with Crippen LogP contribution in [0.3, 0.4) is 0 Å². The van der Waals surface area contributed by atoms with E-state index in [1.165, 1.54) is 0 Å². The molecule has 0 spiro atoms. The number of nitrogens with one attached hydrogen (secondary N) is 1. The Morgan fingerprint density at radius 3 is 2.05 bits per heavy atom. The van der Waals surface area contributed by atoms with Crippen LogP contribution in [0.15, 0.2) is 0 Å². The summed E-state index contributed by atoms with van der Waals surface area (Å²) in [6, 6.07) is 0.178. The number of carbonyl (C=O) groups is 1. The fourth-order valence-corrected chi connectivity index (χ4v) is 1.47. The van der Waals surface area contributed by atoms with Crippen molar-refractivity contribution in [2.24, 2.45) is 5.92 Å². The van der Waals surface area contributed by atoms with Crippen LogP contribution in [0.5, 0.6) is 0 Å². The Balaban J connectivity index is 3.27. The summed E-state index contributed by atoms with van der Waals surface area (Å²) < 4.78 is 16.2. The second-order valence-corrected chi connectivity index (χ2v) is 5.89. The van der Waals surface area contributed by atoms with Gasteiger partial charge in [0.25, 0.3) is 0 Å². The first-order valence-corrected chi connectivity index (χ1v) is 8.00. The second kappa shape index (κ2) is 13.0. The zero-order valence-corrected chi connectivity index (χ0v) is 14.3. The van der Waals surface area contributed by atoms with E-state index in [0.717, 1.165) is 19.4 Å². The molecule has 1 atom stereocenters. The van der Waals surface area contributed by atoms with Gasteiger partial charge in [-0.1, -0.05) is 13.8 Å². The topological polar surface area (TPSA) is 56.8 Å². The van der Waals surface area contributed by atoms with Gasteiger partial charge in [0.05, 0.1) is 6.10 Å². The highest BCUT2D eigenvalue weighted by atomic mass is 16.5. The molecule has 0 unspecified atom stereocenters. The SMILES string of the molecule is CC(C)OCCCOCCCOCC(=O)N[C@@H](C)C(C)C. The Bertz CT molecular complexity index is 257. The van der Waals surface area contributed by atoms with Crippen LogP contribution in [0, 0.1) is 5.92 Å². The molecule has 0 aromatic rings. The first-order chi connectivity index (χ1) is 9.93. The molecule has 0 aliphatic rings. The van der Waals surface area contributed by atoms with Crippen LogP contribution in [0.1, 0.15) is 47.5 Å². The molecule has 126 valence electrons. The average Bonchev–Trinajstić information content (AvgIpc) is 2.40. The largest absolute Gasteiger partial charge is 0.381 e. The Morgan fingerprint density at radius 1 is 0.905 bits per heavy atom. The van der Waals surface area contributed by atoms with Crippen LogP contribution in [-0.4, -0.2) is 51.1 Å². The van der Waals surface area contributed by atoms with Gasteiger partial charge in [-0.2, -0.15) is 0 Å². The van der Waals surface area contributed by atoms with E-state index in [4.69, 9.17) is 14.2 Å². The zero-order valence-electron chi connectivity index (χ0n) is 14.3. The molecule has 5 heteroatoms. The normalized spacial score (nSPS) is 12.9. The maximum atomic E-state index is 11.5. The van der Waals surface area contributed by atoms with E-state index in [0.29, 0.717) is 25.7 Å². The Kier molecular flexibility index (Phi) is 12.6. The number of ether oxygens (including phenoxy) is 3. The molecule has 0 aromatic carbocycles. The lowest BCUT2D eigenvalue weighted by Gasteiger charge is -2.17. The van der Waals surface area contributed by atoms with Crippen molar-refractivity contribution in [2.45, 2.75) is 59.6 Å². The number of hydrogen-bond acceptors (Lipinski definition) is 4. The Hall–Kier alpha value is -0.650. The van der Waals surface area contributed by atoms with Crippen LogP contribution in [-0.2, 0) is 19.0 Å². The highest BCUT2D eigenvalue weighted by Gasteiger charge is 2.10. The molecule has 21 heavy (non-hydrogen) atoms. The van der Waals surface area contributed by atoms with Gasteiger partial charge in [-0.25, -0.2) is 0 Å². The van der Waals surface area contributed by atoms with Crippen molar-refractivity contribution in [3.63, 3.8) is 0 Å². The highest BCUT2D eigenvalue weighted by molar-refractivity contribution is 5.77. The summed E-state index contributed by atoms with van der Waals surface area (Å²) in [7, 11) is 0. The van der Waals surface area contributed by atoms with E-state index < -0.39 is 0 Å². The number of carbonyl (C=O) groups excluding carboxylic acids is 1. The molecule has 0 radical (unpaired) electrons. The monoisotopic (exact) mass is 303 g/mol. The van der Waals surface area contributed by atoms with Crippen molar-refractivity contribution in [1.29, 1.82) is 0 Å². The molecular weight excluding hydrogens is 270 g/mol. The fourth-order valence-electron chi connectivity index (χ4n) is 1.47. The summed E-state index contributed by atoms with van der Waals surface area (Å²) in [5.74, 6) is 0.380. The minimum absolute atomic E-state index is 0.0528. The van der Waals surface area contributed by atoms with E-state index in [-0.39, 0.29) is 24.7 Å². The molecule has 0 saturated heterocycles. The molecule has 0 heterocycles. The van der Waals surface area contributed by atoms with Gasteiger partial charge in [0.15, 0.2) is 0 Å². The molecule has 0 bridgehead atoms. The molecule has 0 fully saturated rings. The molecular formula is C16H33NO4. The third kappa shape index (κ3) is 14.1. The standard InChI is InChI=1S/C16H33NO4/c1-13(2)15(5)17-16(18)12-20-10-6-8-19-9-7-11-21-14(3)4/h13-15H,6-12H2,1-5H3,(H,17,18)/t15-/m0/s1. The maximum Gasteiger partial charge on any atom is 0.246 e. The first-order valence-electron chi connectivity index (χ1n) is 8.00. The van der Waals surface area contributed by atoms with E-state index in [2.05, 4.69) is 19.2 Å². The van der Waals surface area contributed by atoms with Crippen LogP contribution < -0.4 is 5.32 Å². The van der Waals surface area contributed by atoms with Crippen molar-refractivity contribution >= 4 is 5.91 Å². The molecule has 0 rings (SSSR count). The molecule has 0 aromatic heterocycles. The van der Waals surface area contributed by atoms with Crippen LogP contribution in [0.25, 0.3) is 0 Å². The van der Waals surface area contributed by atoms with Crippen molar-refractivity contribution in [3.05, 3.63) is 0 Å². The molecule has 1 amide bonds. The Labute approximate surface area is 129 Å². The zero-order chi connectivity index (χ0) is 16.1. The van der Waals surface area contributed by atoms with Crippen molar-refractivity contribution in [2.75, 3.05) is 33.0 Å². The van der Waals surface area contributed by atoms with Crippen LogP contribution in [0.4, 0.5) is 0 Å². The summed E-state index contributed by atoms with van der Waals surface area (Å²) in [4.78, 5) is 11.5. The van der Waals surface area contributed by atoms with Gasteiger partial charge < -0.3 is 19.5 Å². The van der Waals surface area contributed by atoms with Crippen LogP contribution in [0.2, 0.25) is 0 Å². The van der Waals surface area contributed by atoms with E-state index in [1.54, 1.807) is 0 Å². The van der Waals surface area contributed by atoms with Crippen molar-refractivity contribution < 1.29 is 19.0 Å². The summed E-state index contributed by atoms with van der Waals surface area (Å²) in [6.45, 7) is 13.0. The van der Waals surface area contributed by atoms with E-state index >= 15 is 0 Å². The predicted molar refractivity (Wildman–Crippen MR) is 84.4 cm³/mol. The van der Waals surface area contributed by atoms with Crippen molar-refractivity contribution in [1.82, 2.24) is 5.32 Å². The summed E-state index contributed by atoms with van der Waals surface area (Å²) >= 11 is 0. The Morgan fingerprint density at radius 2 is 1.48 bits per heavy atom. The summed E-state index contributed by atoms with van der Waals surface area (Å²) in [5, 5.41) is 2.90. The highest BCUT2D eigenvalue weighted by Crippen LogP contribution is 1.99. The molecule has 1 N–H and O–H groups in total. The second-order valence-electron chi connectivity index (χ2n) is 5.89. The predicted octanol–water partition coefficient (Wildman–Crippen LogP) is 2.39. The molecule has 0 saturated carbocycles. The van der Waals surface area contributed by atoms with Gasteiger partial charge in [-0.3, -0.25) is 4.79 Å². The van der Waals surface area contributed by atoms with Gasteiger partial charge in [0, 0.05) is 32.5 Å². The van der Waals surface area contributed by atoms with Gasteiger partial charge in [-0.15, -0.1) is 0 Å². The molecule has 5 nitrogen and oxygen atoms in total. The third-order valence-corrected chi connectivity index (χ3v) is 3.08. The van der Waals surface area contributed by atoms with Gasteiger partial charge in [-0.05, 0) is 39.5 Å². The van der Waals surface area contributed by atoms with Crippen molar-refractivity contribution in [3.8, 4) is 0 Å². The minimum Gasteiger partial charge on any atom is -0.381 e. The fraction of sp³-hybridized carbons (Fsp3) is 0.938. The number of hydrogen-bond donors (Lipinski definition) is 1. The van der Waals surface area contributed by atoms with Gasteiger partial charge in [0.1, 0.15) is 6.61 Å². The smallest absolute Gasteiger partial charge is 0.246 e. The summed E-state index contributed by atoms with van der Waals surface area (Å²) in [5.41, 5.74) is 0. The summed E-state index contributed by atoms with van der Waals surface area (Å²) in [6.07, 6.45) is 2.00. The lowest BCUT2D eigenvalue weighted by atomic mass is 10.1. The van der Waals surface area contributed by atoms with Gasteiger partial charge in [0.2, 0.25) is 5.91 Å². The molecule has 0 aliphatic carbocycles. The van der Waals surface area contributed by atoms with E-state index in [9.17, 15) is 4.79 Å². The van der Waals surface area contributed by atoms with E-state index in [1.807, 2.05) is 20.8 Å². The number of rotatable bonds is 13. The minimum atomic E-state index is -0.0528. The third-order valence-electron chi connectivity index (χ3n) is 3.08. The lowest BCUT2D eigenvalue weighted by molar-refractivity contribution is -0.126. The first kappa shape index (κ1) is 20.3. The maximum absolute atomic E-state index is 11.5. The van der Waals surface area contributed by atoms with Crippen LogP contribution >= 0.6 is 0 Å².